The Morgan fingerprint density at radius 2 is 2.24 bits per heavy atom. The van der Waals surface area contributed by atoms with Crippen LogP contribution >= 0.6 is 11.3 Å². The summed E-state index contributed by atoms with van der Waals surface area (Å²) < 4.78 is 0. The number of hydrogen-bond donors (Lipinski definition) is 2. The van der Waals surface area contributed by atoms with E-state index in [1.807, 2.05) is 0 Å². The van der Waals surface area contributed by atoms with E-state index < -0.39 is 0 Å². The van der Waals surface area contributed by atoms with E-state index >= 15 is 0 Å². The molecule has 1 amide bonds. The fourth-order valence-corrected chi connectivity index (χ4v) is 5.50. The number of H-pyrrole nitrogens is 1. The molecule has 5 rings (SSSR count). The Morgan fingerprint density at radius 1 is 1.41 bits per heavy atom. The minimum absolute atomic E-state index is 0.00495. The Balaban J connectivity index is 1.64. The second-order valence-corrected chi connectivity index (χ2v) is 8.87. The summed E-state index contributed by atoms with van der Waals surface area (Å²) in [5.74, 6) is 2.55. The lowest BCUT2D eigenvalue weighted by Crippen LogP contribution is -2.72. The van der Waals surface area contributed by atoms with Crippen molar-refractivity contribution in [3.8, 4) is 12.3 Å². The lowest BCUT2D eigenvalue weighted by Gasteiger charge is -2.56. The molecule has 0 unspecified atom stereocenters. The molecule has 1 spiro atoms. The van der Waals surface area contributed by atoms with Crippen LogP contribution in [-0.4, -0.2) is 39.9 Å². The fourth-order valence-electron chi connectivity index (χ4n) is 4.91. The fraction of sp³-hybridized carbons (Fsp3) is 0.391. The largest absolute Gasteiger partial charge is 0.356 e. The molecule has 5 nitrogen and oxygen atoms in total. The summed E-state index contributed by atoms with van der Waals surface area (Å²) in [6, 6.07) is 8.63. The van der Waals surface area contributed by atoms with E-state index in [1.165, 1.54) is 28.0 Å². The minimum atomic E-state index is -0.345. The summed E-state index contributed by atoms with van der Waals surface area (Å²) in [4.78, 5) is 23.9. The third kappa shape index (κ3) is 2.72. The number of thiazole rings is 1. The van der Waals surface area contributed by atoms with Crippen LogP contribution in [0.1, 0.15) is 52.9 Å². The number of para-hydroxylation sites is 1. The number of rotatable bonds is 4. The molecule has 6 heteroatoms. The molecule has 2 N–H and O–H groups in total. The molecule has 1 aromatic carbocycles. The number of aromatic amines is 1. The highest BCUT2D eigenvalue weighted by atomic mass is 32.1. The summed E-state index contributed by atoms with van der Waals surface area (Å²) in [6.45, 7) is 3.72. The Morgan fingerprint density at radius 3 is 2.93 bits per heavy atom. The molecule has 0 aliphatic carbocycles. The van der Waals surface area contributed by atoms with Crippen molar-refractivity contribution in [3.05, 3.63) is 51.6 Å². The first-order valence-electron chi connectivity index (χ1n) is 10.2. The zero-order valence-corrected chi connectivity index (χ0v) is 17.3. The van der Waals surface area contributed by atoms with Gasteiger partial charge in [-0.15, -0.1) is 17.8 Å². The van der Waals surface area contributed by atoms with Gasteiger partial charge in [-0.3, -0.25) is 4.79 Å². The maximum absolute atomic E-state index is 13.7. The first-order chi connectivity index (χ1) is 14.2. The van der Waals surface area contributed by atoms with Gasteiger partial charge in [0.2, 0.25) is 0 Å². The predicted octanol–water partition coefficient (Wildman–Crippen LogP) is 3.66. The van der Waals surface area contributed by atoms with Gasteiger partial charge < -0.3 is 15.2 Å². The van der Waals surface area contributed by atoms with Gasteiger partial charge in [0.15, 0.2) is 5.01 Å². The van der Waals surface area contributed by atoms with Gasteiger partial charge in [0.25, 0.3) is 5.91 Å². The number of terminal acetylenes is 1. The van der Waals surface area contributed by atoms with E-state index in [1.54, 1.807) is 5.38 Å². The summed E-state index contributed by atoms with van der Waals surface area (Å²) in [6.07, 6.45) is 9.57. The van der Waals surface area contributed by atoms with Gasteiger partial charge in [0, 0.05) is 41.1 Å². The molecule has 2 aliphatic rings. The molecule has 0 saturated carbocycles. The zero-order chi connectivity index (χ0) is 20.0. The maximum Gasteiger partial charge on any atom is 0.274 e. The number of unbranched alkanes of at least 4 members (excludes halogenated alkanes) is 1. The highest BCUT2D eigenvalue weighted by molar-refractivity contribution is 7.10. The van der Waals surface area contributed by atoms with Crippen LogP contribution in [-0.2, 0) is 12.0 Å². The normalized spacial score (nSPS) is 19.7. The van der Waals surface area contributed by atoms with E-state index in [0.29, 0.717) is 10.7 Å². The zero-order valence-electron chi connectivity index (χ0n) is 16.5. The highest BCUT2D eigenvalue weighted by Gasteiger charge is 2.54. The van der Waals surface area contributed by atoms with E-state index in [-0.39, 0.29) is 17.5 Å². The smallest absolute Gasteiger partial charge is 0.274 e. The molecule has 3 aromatic rings. The molecule has 0 bridgehead atoms. The van der Waals surface area contributed by atoms with E-state index in [4.69, 9.17) is 6.42 Å². The molecule has 1 atom stereocenters. The topological polar surface area (TPSA) is 61.0 Å². The monoisotopic (exact) mass is 404 g/mol. The molecule has 0 radical (unpaired) electrons. The van der Waals surface area contributed by atoms with Crippen LogP contribution in [0, 0.1) is 12.3 Å². The number of amides is 1. The van der Waals surface area contributed by atoms with Gasteiger partial charge in [-0.25, -0.2) is 4.98 Å². The standard InChI is InChI=1S/C23H24N4OS/c1-3-5-8-15-11-17-16-9-6-7-10-18(16)26-21(17)23(13-24-14-23)27(15)22(28)19-12-29-20(4-2)25-19/h2,6-7,9-10,12,15,24,26H,3,5,8,11,13-14H2,1H3/t15-/m0/s1. The van der Waals surface area contributed by atoms with Crippen LogP contribution in [0.4, 0.5) is 0 Å². The van der Waals surface area contributed by atoms with E-state index in [0.717, 1.165) is 44.3 Å². The summed E-state index contributed by atoms with van der Waals surface area (Å²) in [7, 11) is 0. The SMILES string of the molecule is C#Cc1nc(C(=O)N2[C@@H](CCCC)Cc3c([nH]c4ccccc34)C23CNC3)cs1. The average molecular weight is 405 g/mol. The Bertz CT molecular complexity index is 1120. The number of hydrogen-bond acceptors (Lipinski definition) is 4. The Labute approximate surface area is 174 Å². The van der Waals surface area contributed by atoms with Gasteiger partial charge in [-0.1, -0.05) is 38.0 Å². The van der Waals surface area contributed by atoms with Crippen molar-refractivity contribution in [2.75, 3.05) is 13.1 Å². The molecule has 2 aromatic heterocycles. The molecule has 148 valence electrons. The minimum Gasteiger partial charge on any atom is -0.356 e. The Kier molecular flexibility index (Phi) is 4.45. The van der Waals surface area contributed by atoms with Crippen molar-refractivity contribution in [1.29, 1.82) is 0 Å². The van der Waals surface area contributed by atoms with Gasteiger partial charge in [-0.05, 0) is 30.4 Å². The van der Waals surface area contributed by atoms with Gasteiger partial charge in [0.1, 0.15) is 11.2 Å². The second kappa shape index (κ2) is 7.01. The van der Waals surface area contributed by atoms with Gasteiger partial charge >= 0.3 is 0 Å². The van der Waals surface area contributed by atoms with E-state index in [2.05, 4.69) is 57.3 Å². The van der Waals surface area contributed by atoms with Crippen LogP contribution in [0.25, 0.3) is 10.9 Å². The maximum atomic E-state index is 13.7. The van der Waals surface area contributed by atoms with Crippen LogP contribution < -0.4 is 5.32 Å². The van der Waals surface area contributed by atoms with Crippen LogP contribution in [0.15, 0.2) is 29.6 Å². The number of fused-ring (bicyclic) bond motifs is 4. The number of nitrogens with zero attached hydrogens (tertiary/aromatic N) is 2. The molecule has 4 heterocycles. The number of benzene rings is 1. The van der Waals surface area contributed by atoms with Gasteiger partial charge in [-0.2, -0.15) is 0 Å². The van der Waals surface area contributed by atoms with Crippen molar-refractivity contribution in [3.63, 3.8) is 0 Å². The summed E-state index contributed by atoms with van der Waals surface area (Å²) >= 11 is 1.36. The second-order valence-electron chi connectivity index (χ2n) is 8.02. The van der Waals surface area contributed by atoms with Crippen molar-refractivity contribution >= 4 is 28.1 Å². The summed E-state index contributed by atoms with van der Waals surface area (Å²) in [5, 5.41) is 7.06. The molecule has 1 saturated heterocycles. The quantitative estimate of drug-likeness (QED) is 0.653. The number of carbonyl (C=O) groups is 1. The Hall–Kier alpha value is -2.62. The molecular formula is C23H24N4OS. The van der Waals surface area contributed by atoms with Crippen LogP contribution in [0.3, 0.4) is 0 Å². The van der Waals surface area contributed by atoms with Crippen LogP contribution in [0.2, 0.25) is 0 Å². The van der Waals surface area contributed by atoms with Crippen LogP contribution in [0.5, 0.6) is 0 Å². The van der Waals surface area contributed by atoms with Crippen molar-refractivity contribution in [2.24, 2.45) is 0 Å². The molecule has 2 aliphatic heterocycles. The number of aromatic nitrogens is 2. The van der Waals surface area contributed by atoms with Gasteiger partial charge in [0.05, 0.1) is 0 Å². The third-order valence-corrected chi connectivity index (χ3v) is 7.11. The molecular weight excluding hydrogens is 380 g/mol. The van der Waals surface area contributed by atoms with E-state index in [9.17, 15) is 4.79 Å². The first-order valence-corrected chi connectivity index (χ1v) is 11.1. The van der Waals surface area contributed by atoms with Crippen molar-refractivity contribution in [2.45, 2.75) is 44.2 Å². The highest BCUT2D eigenvalue weighted by Crippen LogP contribution is 2.45. The average Bonchev–Trinajstić information content (AvgIpc) is 3.34. The van der Waals surface area contributed by atoms with Crippen molar-refractivity contribution in [1.82, 2.24) is 20.2 Å². The lowest BCUT2D eigenvalue weighted by molar-refractivity contribution is -0.00861. The lowest BCUT2D eigenvalue weighted by atomic mass is 9.76. The molecule has 1 fully saturated rings. The first kappa shape index (κ1) is 18.4. The number of nitrogens with one attached hydrogen (secondary N) is 2. The van der Waals surface area contributed by atoms with Crippen molar-refractivity contribution < 1.29 is 4.79 Å². The number of carbonyl (C=O) groups excluding carboxylic acids is 1. The molecule has 29 heavy (non-hydrogen) atoms. The summed E-state index contributed by atoms with van der Waals surface area (Å²) in [5.41, 5.74) is 3.83. The third-order valence-electron chi connectivity index (χ3n) is 6.34. The predicted molar refractivity (Wildman–Crippen MR) is 116 cm³/mol.